The molecule has 0 spiro atoms. The van der Waals surface area contributed by atoms with E-state index in [-0.39, 0.29) is 70.7 Å². The van der Waals surface area contributed by atoms with Gasteiger partial charge in [-0.25, -0.2) is 0 Å². The minimum atomic E-state index is -1.16. The molecule has 1 saturated carbocycles. The van der Waals surface area contributed by atoms with Crippen LogP contribution in [-0.2, 0) is 23.1 Å². The van der Waals surface area contributed by atoms with Crippen molar-refractivity contribution in [3.8, 4) is 0 Å². The van der Waals surface area contributed by atoms with Crippen LogP contribution < -0.4 is 0 Å². The maximum atomic E-state index is 15.8. The number of carbonyl (C=O) groups is 1. The monoisotopic (exact) mass is 1360 g/mol. The van der Waals surface area contributed by atoms with Crippen molar-refractivity contribution in [2.45, 2.75) is 84.4 Å². The van der Waals surface area contributed by atoms with Crippen molar-refractivity contribution in [2.24, 2.45) is 28.6 Å². The molecule has 1 aliphatic heterocycles. The molecule has 58 heavy (non-hydrogen) atoms. The first-order valence-electron chi connectivity index (χ1n) is 17.2. The number of hydrogen-bond acceptors (Lipinski definition) is 6. The van der Waals surface area contributed by atoms with E-state index in [9.17, 15) is 5.11 Å². The normalized spacial score (nSPS) is 32.5. The molecular weight excluding hydrogens is 1290 g/mol. The summed E-state index contributed by atoms with van der Waals surface area (Å²) in [6.07, 6.45) is 2.28. The van der Waals surface area contributed by atoms with Crippen LogP contribution in [0.3, 0.4) is 0 Å². The number of fused-ring (bicyclic) bond motifs is 1. The third-order valence-corrected chi connectivity index (χ3v) is 151. The van der Waals surface area contributed by atoms with E-state index in [1.807, 2.05) is 6.92 Å². The quantitative estimate of drug-likeness (QED) is 0.0912. The van der Waals surface area contributed by atoms with Crippen LogP contribution in [0.15, 0.2) is 11.6 Å². The lowest BCUT2D eigenvalue weighted by Crippen LogP contribution is -2.75. The highest BCUT2D eigenvalue weighted by Crippen LogP contribution is 3.18. The Morgan fingerprint density at radius 1 is 0.793 bits per heavy atom. The van der Waals surface area contributed by atoms with Gasteiger partial charge in [0.2, 0.25) is 0 Å². The van der Waals surface area contributed by atoms with E-state index in [0.29, 0.717) is 14.4 Å². The maximum Gasteiger partial charge on any atom is 0.170 e. The third kappa shape index (κ3) is 16.3. The molecule has 22 unspecified atom stereocenters. The minimum Gasteiger partial charge on any atom is -0.384 e. The van der Waals surface area contributed by atoms with Gasteiger partial charge in [0, 0.05) is 33.3 Å². The van der Waals surface area contributed by atoms with Crippen LogP contribution in [0.4, 0.5) is 0 Å². The summed E-state index contributed by atoms with van der Waals surface area (Å²) < 4.78 is 28.2. The van der Waals surface area contributed by atoms with Gasteiger partial charge in [0.25, 0.3) is 0 Å². The number of allylic oxidation sites excluding steroid dienone is 1. The Morgan fingerprint density at radius 2 is 1.33 bits per heavy atom. The lowest BCUT2D eigenvalue weighted by Gasteiger charge is -2.65. The van der Waals surface area contributed by atoms with Gasteiger partial charge in [0.1, 0.15) is 11.7 Å². The number of carbonyl (C=O) groups excluding carboxylic acids is 1. The second kappa shape index (κ2) is 29.0. The van der Waals surface area contributed by atoms with Gasteiger partial charge in [-0.15, -0.1) is 134 Å². The summed E-state index contributed by atoms with van der Waals surface area (Å²) in [5.41, 5.74) is -1.09. The van der Waals surface area contributed by atoms with Crippen LogP contribution in [0, 0.1) is 28.6 Å². The minimum absolute atomic E-state index is 0.0269. The van der Waals surface area contributed by atoms with Crippen LogP contribution in [-0.4, -0.2) is 47.5 Å². The zero-order valence-electron chi connectivity index (χ0n) is 33.3. The summed E-state index contributed by atoms with van der Waals surface area (Å²) in [5.74, 6) is -0.291. The highest BCUT2D eigenvalue weighted by Gasteiger charge is 2.70. The summed E-state index contributed by atoms with van der Waals surface area (Å²) in [6, 6.07) is 0. The number of rotatable bonds is 21. The number of ketones is 1. The highest BCUT2D eigenvalue weighted by atomic mass is 33.2. The molecule has 2 fully saturated rings. The fraction of sp³-hybridized carbons (Fsp3) is 0.864. The van der Waals surface area contributed by atoms with Crippen LogP contribution in [0.5, 0.6) is 0 Å². The smallest absolute Gasteiger partial charge is 0.170 e. The van der Waals surface area contributed by atoms with Crippen molar-refractivity contribution in [3.05, 3.63) is 11.6 Å². The van der Waals surface area contributed by atoms with Crippen molar-refractivity contribution in [3.63, 3.8) is 0 Å². The van der Waals surface area contributed by atoms with Crippen LogP contribution in [0.2, 0.25) is 0 Å². The fourth-order valence-electron chi connectivity index (χ4n) is 8.36. The fourth-order valence-corrected chi connectivity index (χ4v) is 203. The Balaban J connectivity index is 2.22. The average Bonchev–Trinajstić information content (AvgIpc) is 3.08. The van der Waals surface area contributed by atoms with Gasteiger partial charge in [-0.05, 0) is 98.9 Å². The molecular formula is C22H66O6P30. The van der Waals surface area contributed by atoms with Crippen molar-refractivity contribution in [1.29, 1.82) is 0 Å². The summed E-state index contributed by atoms with van der Waals surface area (Å²) in [6.45, 7) is 9.36. The molecule has 30 atom stereocenters. The first kappa shape index (κ1) is 64.4. The lowest BCUT2D eigenvalue weighted by molar-refractivity contribution is -0.322. The Morgan fingerprint density at radius 3 is 1.74 bits per heavy atom. The number of ether oxygens (including phenoxy) is 1. The van der Waals surface area contributed by atoms with E-state index in [2.05, 4.69) is 184 Å². The second-order valence-electron chi connectivity index (χ2n) is 14.9. The van der Waals surface area contributed by atoms with Crippen LogP contribution >= 0.6 is 243 Å². The largest absolute Gasteiger partial charge is 0.384 e. The predicted octanol–water partition coefficient (Wildman–Crippen LogP) is 19.9. The summed E-state index contributed by atoms with van der Waals surface area (Å²) in [7, 11) is 47.3. The van der Waals surface area contributed by atoms with Crippen molar-refractivity contribution in [2.75, 3.05) is 6.61 Å². The molecule has 340 valence electrons. The number of Topliss-reactive ketones (excluding diaryl/α,β-unsaturated/α-hetero) is 1. The lowest BCUT2D eigenvalue weighted by atomic mass is 9.47. The van der Waals surface area contributed by atoms with Crippen molar-refractivity contribution in [1.82, 2.24) is 0 Å². The molecule has 0 amide bonds. The molecule has 1 heterocycles. The molecule has 0 aromatic heterocycles. The van der Waals surface area contributed by atoms with E-state index in [0.717, 1.165) is 6.42 Å². The van der Waals surface area contributed by atoms with Crippen molar-refractivity contribution < 1.29 is 28.2 Å². The third-order valence-electron chi connectivity index (χ3n) is 10.7. The predicted molar refractivity (Wildman–Crippen MR) is 355 cm³/mol. The molecule has 0 aromatic rings. The molecule has 36 heteroatoms. The molecule has 0 aromatic carbocycles. The maximum absolute atomic E-state index is 15.8. The highest BCUT2D eigenvalue weighted by molar-refractivity contribution is 9.19. The van der Waals surface area contributed by atoms with Crippen LogP contribution in [0.25, 0.3) is 0 Å². The zero-order valence-corrected chi connectivity index (χ0v) is 64.4. The van der Waals surface area contributed by atoms with E-state index in [1.54, 1.807) is 0 Å². The van der Waals surface area contributed by atoms with Gasteiger partial charge >= 0.3 is 0 Å². The van der Waals surface area contributed by atoms with E-state index >= 15 is 4.79 Å². The Hall–Kier alpha value is 12.1. The number of aliphatic hydroxyl groups is 1. The van der Waals surface area contributed by atoms with Crippen molar-refractivity contribution >= 4 is 249 Å². The molecule has 6 nitrogen and oxygen atoms in total. The van der Waals surface area contributed by atoms with E-state index in [1.165, 1.54) is 5.57 Å². The van der Waals surface area contributed by atoms with Gasteiger partial charge in [-0.3, -0.25) is 4.79 Å². The number of hydrogen-bond donors (Lipinski definition) is 1. The Bertz CT molecular complexity index is 1360. The summed E-state index contributed by atoms with van der Waals surface area (Å²) >= 11 is 0. The van der Waals surface area contributed by atoms with E-state index < -0.39 is 92.8 Å². The Labute approximate surface area is 404 Å². The summed E-state index contributed by atoms with van der Waals surface area (Å²) in [5, 5.41) is 13.0. The van der Waals surface area contributed by atoms with Gasteiger partial charge in [0.05, 0.1) is 52.9 Å². The van der Waals surface area contributed by atoms with E-state index in [4.69, 9.17) is 18.3 Å². The first-order chi connectivity index (χ1) is 26.6. The Kier molecular flexibility index (Phi) is 32.2. The standard InChI is InChI=1S/C22H66O6P30/c1-11-9-20(4,5)14(7-15(11)27-48(56(44)52(36)37)58(54(40)41)55(42)43)12(2)18-21(6,19(23)13(3)26-47(51(34)35)57(45-29)53(38)39)16(8-17-22(18,24)10-25-17)28-46(49(30)31)50(32)33/h9,12-18,24,45H,7-8,10,29-44H2,1-6H3/t12-,13-,14?,15+,16+,17-,18+,21-,22+,47?,48?,56?,57?/m1/s1. The molecule has 0 bridgehead atoms. The molecule has 3 aliphatic rings. The van der Waals surface area contributed by atoms with Crippen LogP contribution in [0.1, 0.15) is 54.4 Å². The van der Waals surface area contributed by atoms with Gasteiger partial charge in [0.15, 0.2) is 5.78 Å². The second-order valence-corrected chi connectivity index (χ2v) is 122. The summed E-state index contributed by atoms with van der Waals surface area (Å²) in [4.78, 5) is 15.8. The SMILES string of the molecule is CC1=CC(C)(C)C([C@@H](C)[C@@H]2[C@]3(O)CO[C@@H]3C[C@H](OP(P(P)P)P(P)P)[C@@]2(C)C(=O)[C@@H](C)OP(P(P)P)P(PP)P(P)P)C[C@@H]1OP(P(P)P(P)P)P(P(P)P)P(P)P. The average molecular weight is 1360 g/mol. The van der Waals surface area contributed by atoms with Gasteiger partial charge < -0.3 is 23.4 Å². The molecule has 1 saturated heterocycles. The topological polar surface area (TPSA) is 74.2 Å². The van der Waals surface area contributed by atoms with Gasteiger partial charge in [-0.2, -0.15) is 0 Å². The molecule has 2 aliphatic carbocycles. The molecule has 3 rings (SSSR count). The zero-order chi connectivity index (χ0) is 44.6. The molecule has 0 radical (unpaired) electrons. The first-order valence-corrected chi connectivity index (χ1v) is 69.4. The van der Waals surface area contributed by atoms with Gasteiger partial charge in [-0.1, -0.05) is 43.7 Å². The molecule has 1 N–H and O–H groups in total.